The molecule has 1 saturated carbocycles. The summed E-state index contributed by atoms with van der Waals surface area (Å²) in [6, 6.07) is 2.20. The fourth-order valence-corrected chi connectivity index (χ4v) is 3.18. The zero-order chi connectivity index (χ0) is 14.8. The lowest BCUT2D eigenvalue weighted by Crippen LogP contribution is -2.31. The molecule has 0 amide bonds. The molecule has 3 rings (SSSR count). The first-order chi connectivity index (χ1) is 10.1. The van der Waals surface area contributed by atoms with Crippen LogP contribution in [0.1, 0.15) is 33.1 Å². The summed E-state index contributed by atoms with van der Waals surface area (Å²) in [7, 11) is 0. The highest BCUT2D eigenvalue weighted by atomic mass is 15.4. The van der Waals surface area contributed by atoms with Gasteiger partial charge >= 0.3 is 0 Å². The number of aromatic nitrogens is 5. The van der Waals surface area contributed by atoms with E-state index in [-0.39, 0.29) is 5.95 Å². The van der Waals surface area contributed by atoms with Crippen molar-refractivity contribution in [3.63, 3.8) is 0 Å². The van der Waals surface area contributed by atoms with E-state index >= 15 is 0 Å². The molecule has 2 unspecified atom stereocenters. The van der Waals surface area contributed by atoms with Crippen LogP contribution in [0.3, 0.4) is 0 Å². The highest BCUT2D eigenvalue weighted by Gasteiger charge is 2.24. The van der Waals surface area contributed by atoms with Crippen LogP contribution in [0.5, 0.6) is 0 Å². The Morgan fingerprint density at radius 3 is 2.57 bits per heavy atom. The molecule has 0 aromatic carbocycles. The van der Waals surface area contributed by atoms with Crippen LogP contribution in [0.15, 0.2) is 18.5 Å². The molecule has 2 aromatic heterocycles. The Labute approximate surface area is 124 Å². The van der Waals surface area contributed by atoms with Gasteiger partial charge in [0.15, 0.2) is 0 Å². The van der Waals surface area contributed by atoms with Gasteiger partial charge in [0.2, 0.25) is 11.9 Å². The minimum atomic E-state index is 0.204. The van der Waals surface area contributed by atoms with Crippen molar-refractivity contribution < 1.29 is 0 Å². The molecule has 2 aromatic rings. The molecule has 1 fully saturated rings. The maximum absolute atomic E-state index is 5.78. The molecule has 1 aliphatic carbocycles. The summed E-state index contributed by atoms with van der Waals surface area (Å²) in [4.78, 5) is 12.7. The molecule has 0 spiro atoms. The van der Waals surface area contributed by atoms with Gasteiger partial charge in [0.05, 0.1) is 0 Å². The Morgan fingerprint density at radius 1 is 1.14 bits per heavy atom. The van der Waals surface area contributed by atoms with E-state index in [0.717, 1.165) is 24.7 Å². The van der Waals surface area contributed by atoms with Crippen LogP contribution in [0.25, 0.3) is 5.95 Å². The van der Waals surface area contributed by atoms with E-state index in [1.54, 1.807) is 17.1 Å². The third kappa shape index (κ3) is 3.29. The summed E-state index contributed by atoms with van der Waals surface area (Å²) in [6.45, 7) is 4.59. The SMILES string of the molecule is CC1CC(C)CC(Nc2nc(N)nc(-n3cccn3)n2)C1. The van der Waals surface area contributed by atoms with E-state index in [1.807, 2.05) is 6.07 Å². The largest absolute Gasteiger partial charge is 0.368 e. The van der Waals surface area contributed by atoms with Gasteiger partial charge in [-0.05, 0) is 37.2 Å². The van der Waals surface area contributed by atoms with Crippen molar-refractivity contribution in [3.8, 4) is 5.95 Å². The van der Waals surface area contributed by atoms with Crippen LogP contribution >= 0.6 is 0 Å². The lowest BCUT2D eigenvalue weighted by Gasteiger charge is -2.31. The third-order valence-corrected chi connectivity index (χ3v) is 3.86. The third-order valence-electron chi connectivity index (χ3n) is 3.86. The van der Waals surface area contributed by atoms with Gasteiger partial charge in [-0.15, -0.1) is 0 Å². The molecule has 0 bridgehead atoms. The van der Waals surface area contributed by atoms with E-state index in [9.17, 15) is 0 Å². The van der Waals surface area contributed by atoms with Crippen molar-refractivity contribution >= 4 is 11.9 Å². The first kappa shape index (κ1) is 13.8. The average molecular weight is 287 g/mol. The number of hydrogen-bond acceptors (Lipinski definition) is 6. The monoisotopic (exact) mass is 287 g/mol. The number of anilines is 2. The molecule has 2 atom stereocenters. The van der Waals surface area contributed by atoms with E-state index in [0.29, 0.717) is 17.9 Å². The maximum Gasteiger partial charge on any atom is 0.257 e. The van der Waals surface area contributed by atoms with Gasteiger partial charge in [-0.1, -0.05) is 13.8 Å². The summed E-state index contributed by atoms with van der Waals surface area (Å²) >= 11 is 0. The first-order valence-corrected chi connectivity index (χ1v) is 7.38. The van der Waals surface area contributed by atoms with Crippen molar-refractivity contribution in [3.05, 3.63) is 18.5 Å². The standard InChI is InChI=1S/C14H21N7/c1-9-6-10(2)8-11(7-9)17-13-18-12(15)19-14(20-13)21-5-3-4-16-21/h3-5,9-11H,6-8H2,1-2H3,(H3,15,17,18,19,20). The number of nitrogens with one attached hydrogen (secondary N) is 1. The van der Waals surface area contributed by atoms with E-state index in [2.05, 4.69) is 39.2 Å². The number of rotatable bonds is 3. The Kier molecular flexibility index (Phi) is 3.72. The van der Waals surface area contributed by atoms with Crippen molar-refractivity contribution in [2.45, 2.75) is 39.2 Å². The van der Waals surface area contributed by atoms with Gasteiger partial charge in [-0.25, -0.2) is 4.68 Å². The molecule has 21 heavy (non-hydrogen) atoms. The fourth-order valence-electron chi connectivity index (χ4n) is 3.18. The molecule has 7 heteroatoms. The van der Waals surface area contributed by atoms with Crippen LogP contribution in [0, 0.1) is 11.8 Å². The minimum Gasteiger partial charge on any atom is -0.368 e. The Morgan fingerprint density at radius 2 is 1.90 bits per heavy atom. The first-order valence-electron chi connectivity index (χ1n) is 7.38. The highest BCUT2D eigenvalue weighted by Crippen LogP contribution is 2.29. The predicted molar refractivity (Wildman–Crippen MR) is 81.0 cm³/mol. The zero-order valence-electron chi connectivity index (χ0n) is 12.4. The van der Waals surface area contributed by atoms with Gasteiger partial charge < -0.3 is 11.1 Å². The second-order valence-electron chi connectivity index (χ2n) is 6.03. The lowest BCUT2D eigenvalue weighted by molar-refractivity contribution is 0.280. The molecule has 112 valence electrons. The van der Waals surface area contributed by atoms with Gasteiger partial charge in [0.25, 0.3) is 5.95 Å². The smallest absolute Gasteiger partial charge is 0.257 e. The van der Waals surface area contributed by atoms with Crippen LogP contribution in [0.2, 0.25) is 0 Å². The summed E-state index contributed by atoms with van der Waals surface area (Å²) in [6.07, 6.45) is 7.01. The molecule has 3 N–H and O–H groups in total. The second-order valence-corrected chi connectivity index (χ2v) is 6.03. The molecular weight excluding hydrogens is 266 g/mol. The predicted octanol–water partition coefficient (Wildman–Crippen LogP) is 1.88. The number of nitrogens with zero attached hydrogens (tertiary/aromatic N) is 5. The van der Waals surface area contributed by atoms with Gasteiger partial charge in [0.1, 0.15) is 0 Å². The quantitative estimate of drug-likeness (QED) is 0.895. The van der Waals surface area contributed by atoms with E-state index in [4.69, 9.17) is 5.73 Å². The molecule has 0 saturated heterocycles. The molecular formula is C14H21N7. The second kappa shape index (κ2) is 5.67. The van der Waals surface area contributed by atoms with Crippen LogP contribution < -0.4 is 11.1 Å². The Hall–Kier alpha value is -2.18. The summed E-state index contributed by atoms with van der Waals surface area (Å²) < 4.78 is 1.58. The number of nitrogen functional groups attached to an aromatic ring is 1. The Balaban J connectivity index is 1.79. The summed E-state index contributed by atoms with van der Waals surface area (Å²) in [5, 5.41) is 7.52. The van der Waals surface area contributed by atoms with Crippen molar-refractivity contribution in [2.24, 2.45) is 11.8 Å². The Bertz CT molecular complexity index is 585. The van der Waals surface area contributed by atoms with Crippen LogP contribution in [-0.2, 0) is 0 Å². The van der Waals surface area contributed by atoms with Crippen molar-refractivity contribution in [2.75, 3.05) is 11.1 Å². The zero-order valence-corrected chi connectivity index (χ0v) is 12.4. The molecule has 1 aliphatic rings. The van der Waals surface area contributed by atoms with Crippen molar-refractivity contribution in [1.29, 1.82) is 0 Å². The number of nitrogens with two attached hydrogens (primary N) is 1. The van der Waals surface area contributed by atoms with Gasteiger partial charge in [-0.3, -0.25) is 0 Å². The van der Waals surface area contributed by atoms with Gasteiger partial charge in [-0.2, -0.15) is 20.1 Å². The molecule has 2 heterocycles. The average Bonchev–Trinajstić information content (AvgIpc) is 2.90. The van der Waals surface area contributed by atoms with Crippen molar-refractivity contribution in [1.82, 2.24) is 24.7 Å². The van der Waals surface area contributed by atoms with Crippen LogP contribution in [-0.4, -0.2) is 30.8 Å². The van der Waals surface area contributed by atoms with E-state index in [1.165, 1.54) is 6.42 Å². The lowest BCUT2D eigenvalue weighted by atomic mass is 9.80. The highest BCUT2D eigenvalue weighted by molar-refractivity contribution is 5.35. The summed E-state index contributed by atoms with van der Waals surface area (Å²) in [5.74, 6) is 2.60. The molecule has 0 aliphatic heterocycles. The normalized spacial score (nSPS) is 25.7. The fraction of sp³-hybridized carbons (Fsp3) is 0.571. The minimum absolute atomic E-state index is 0.204. The maximum atomic E-state index is 5.78. The van der Waals surface area contributed by atoms with E-state index < -0.39 is 0 Å². The number of hydrogen-bond donors (Lipinski definition) is 2. The van der Waals surface area contributed by atoms with Gasteiger partial charge in [0, 0.05) is 18.4 Å². The molecule has 7 nitrogen and oxygen atoms in total. The molecule has 0 radical (unpaired) electrons. The van der Waals surface area contributed by atoms with Crippen LogP contribution in [0.4, 0.5) is 11.9 Å². The summed E-state index contributed by atoms with van der Waals surface area (Å²) in [5.41, 5.74) is 5.78. The topological polar surface area (TPSA) is 94.5 Å².